The Kier molecular flexibility index (Phi) is 4.35. The third kappa shape index (κ3) is 3.10. The van der Waals surface area contributed by atoms with Crippen LogP contribution in [0.25, 0.3) is 6.08 Å². The number of nitrogens with zero attached hydrogens (tertiary/aromatic N) is 2. The second kappa shape index (κ2) is 6.41. The Morgan fingerprint density at radius 2 is 2.32 bits per heavy atom. The molecule has 7 heteroatoms. The number of carbonyl (C=O) groups is 1. The molecule has 3 rings (SSSR count). The van der Waals surface area contributed by atoms with Crippen LogP contribution >= 0.6 is 22.7 Å². The summed E-state index contributed by atoms with van der Waals surface area (Å²) in [6, 6.07) is 5.45. The standard InChI is InChI=1S/C15H14N2O3S2/c18-15(11-9-14(17(19)20)22-10-11)16-7-1-3-12(16)5-6-13-4-2-8-21-13/h2,4-6,8-10,12H,1,3,7H2/b6-5+. The molecule has 1 fully saturated rings. The van der Waals surface area contributed by atoms with E-state index in [2.05, 4.69) is 6.08 Å². The first kappa shape index (κ1) is 14.9. The van der Waals surface area contributed by atoms with E-state index in [9.17, 15) is 14.9 Å². The molecule has 2 aromatic heterocycles. The minimum absolute atomic E-state index is 0.00762. The van der Waals surface area contributed by atoms with Crippen molar-refractivity contribution in [2.24, 2.45) is 0 Å². The highest BCUT2D eigenvalue weighted by Gasteiger charge is 2.29. The molecule has 0 radical (unpaired) electrons. The first-order valence-corrected chi connectivity index (χ1v) is 8.66. The summed E-state index contributed by atoms with van der Waals surface area (Å²) in [5.74, 6) is -0.123. The van der Waals surface area contributed by atoms with E-state index < -0.39 is 4.92 Å². The van der Waals surface area contributed by atoms with Crippen LogP contribution in [0, 0.1) is 10.1 Å². The normalized spacial score (nSPS) is 18.2. The minimum atomic E-state index is -0.459. The maximum atomic E-state index is 12.5. The second-order valence-corrected chi connectivity index (χ2v) is 6.88. The van der Waals surface area contributed by atoms with Crippen LogP contribution in [0.15, 0.2) is 35.0 Å². The van der Waals surface area contributed by atoms with Crippen LogP contribution < -0.4 is 0 Å². The molecule has 0 saturated carbocycles. The quantitative estimate of drug-likeness (QED) is 0.626. The highest BCUT2D eigenvalue weighted by atomic mass is 32.1. The maximum Gasteiger partial charge on any atom is 0.324 e. The lowest BCUT2D eigenvalue weighted by atomic mass is 10.2. The number of amides is 1. The summed E-state index contributed by atoms with van der Waals surface area (Å²) >= 11 is 2.65. The molecule has 2 aromatic rings. The fraction of sp³-hybridized carbons (Fsp3) is 0.267. The van der Waals surface area contributed by atoms with Crippen molar-refractivity contribution in [3.05, 3.63) is 55.6 Å². The third-order valence-corrected chi connectivity index (χ3v) is 5.32. The van der Waals surface area contributed by atoms with Crippen LogP contribution in [0.5, 0.6) is 0 Å². The van der Waals surface area contributed by atoms with Gasteiger partial charge in [-0.3, -0.25) is 14.9 Å². The number of thiophene rings is 2. The molecule has 1 unspecified atom stereocenters. The summed E-state index contributed by atoms with van der Waals surface area (Å²) in [6.45, 7) is 0.696. The van der Waals surface area contributed by atoms with Crippen LogP contribution in [0.1, 0.15) is 28.1 Å². The molecule has 1 aliphatic heterocycles. The molecule has 0 aromatic carbocycles. The van der Waals surface area contributed by atoms with Crippen molar-refractivity contribution < 1.29 is 9.72 Å². The monoisotopic (exact) mass is 334 g/mol. The zero-order valence-electron chi connectivity index (χ0n) is 11.7. The topological polar surface area (TPSA) is 63.4 Å². The smallest absolute Gasteiger partial charge is 0.324 e. The molecule has 114 valence electrons. The molecule has 1 amide bonds. The predicted octanol–water partition coefficient (Wildman–Crippen LogP) is 4.04. The molecule has 22 heavy (non-hydrogen) atoms. The average Bonchev–Trinajstić information content (AvgIpc) is 3.24. The fourth-order valence-corrected chi connectivity index (χ4v) is 3.86. The number of hydrogen-bond donors (Lipinski definition) is 0. The Balaban J connectivity index is 1.74. The van der Waals surface area contributed by atoms with Gasteiger partial charge in [-0.25, -0.2) is 0 Å². The van der Waals surface area contributed by atoms with Gasteiger partial charge in [0.2, 0.25) is 0 Å². The van der Waals surface area contributed by atoms with Gasteiger partial charge in [0.15, 0.2) is 0 Å². The van der Waals surface area contributed by atoms with E-state index in [0.717, 1.165) is 29.1 Å². The van der Waals surface area contributed by atoms with Gasteiger partial charge in [-0.2, -0.15) is 0 Å². The third-order valence-electron chi connectivity index (χ3n) is 3.60. The average molecular weight is 334 g/mol. The summed E-state index contributed by atoms with van der Waals surface area (Å²) in [4.78, 5) is 25.8. The molecule has 0 aliphatic carbocycles. The van der Waals surface area contributed by atoms with E-state index in [0.29, 0.717) is 12.1 Å². The van der Waals surface area contributed by atoms with Crippen molar-refractivity contribution in [3.63, 3.8) is 0 Å². The number of rotatable bonds is 4. The van der Waals surface area contributed by atoms with Crippen LogP contribution in [-0.4, -0.2) is 28.3 Å². The van der Waals surface area contributed by atoms with E-state index in [1.54, 1.807) is 21.6 Å². The highest BCUT2D eigenvalue weighted by Crippen LogP contribution is 2.27. The Morgan fingerprint density at radius 1 is 1.45 bits per heavy atom. The molecule has 0 bridgehead atoms. The zero-order valence-corrected chi connectivity index (χ0v) is 13.3. The van der Waals surface area contributed by atoms with Gasteiger partial charge in [0.1, 0.15) is 0 Å². The number of likely N-dealkylation sites (tertiary alicyclic amines) is 1. The predicted molar refractivity (Wildman–Crippen MR) is 88.4 cm³/mol. The molecule has 0 spiro atoms. The van der Waals surface area contributed by atoms with Crippen molar-refractivity contribution in [2.75, 3.05) is 6.54 Å². The van der Waals surface area contributed by atoms with Gasteiger partial charge in [-0.1, -0.05) is 23.5 Å². The Hall–Kier alpha value is -1.99. The Morgan fingerprint density at radius 3 is 3.00 bits per heavy atom. The maximum absolute atomic E-state index is 12.5. The van der Waals surface area contributed by atoms with Gasteiger partial charge in [0, 0.05) is 22.9 Å². The lowest BCUT2D eigenvalue weighted by Gasteiger charge is -2.21. The van der Waals surface area contributed by atoms with Crippen molar-refractivity contribution in [3.8, 4) is 0 Å². The van der Waals surface area contributed by atoms with E-state index in [-0.39, 0.29) is 17.0 Å². The van der Waals surface area contributed by atoms with Gasteiger partial charge in [0.05, 0.1) is 16.5 Å². The Labute approximate surface area is 135 Å². The van der Waals surface area contributed by atoms with Gasteiger partial charge >= 0.3 is 5.00 Å². The Bertz CT molecular complexity index is 706. The van der Waals surface area contributed by atoms with Crippen molar-refractivity contribution >= 4 is 39.7 Å². The van der Waals surface area contributed by atoms with E-state index in [4.69, 9.17) is 0 Å². The largest absolute Gasteiger partial charge is 0.332 e. The second-order valence-electron chi connectivity index (χ2n) is 5.01. The fourth-order valence-electron chi connectivity index (χ4n) is 2.54. The molecular weight excluding hydrogens is 320 g/mol. The summed E-state index contributed by atoms with van der Waals surface area (Å²) in [6.07, 6.45) is 5.98. The van der Waals surface area contributed by atoms with Crippen molar-refractivity contribution in [1.29, 1.82) is 0 Å². The van der Waals surface area contributed by atoms with Crippen molar-refractivity contribution in [1.82, 2.24) is 4.90 Å². The van der Waals surface area contributed by atoms with Crippen LogP contribution in [0.4, 0.5) is 5.00 Å². The SMILES string of the molecule is O=C(c1csc([N+](=O)[O-])c1)N1CCCC1/C=C/c1cccs1. The minimum Gasteiger partial charge on any atom is -0.332 e. The lowest BCUT2D eigenvalue weighted by molar-refractivity contribution is -0.380. The molecule has 0 N–H and O–H groups in total. The summed E-state index contributed by atoms with van der Waals surface area (Å²) in [5, 5.41) is 14.3. The van der Waals surface area contributed by atoms with Gasteiger partial charge < -0.3 is 4.90 Å². The lowest BCUT2D eigenvalue weighted by Crippen LogP contribution is -2.34. The van der Waals surface area contributed by atoms with Crippen LogP contribution in [0.2, 0.25) is 0 Å². The molecule has 1 atom stereocenters. The summed E-state index contributed by atoms with van der Waals surface area (Å²) in [7, 11) is 0. The molecule has 1 saturated heterocycles. The molecule has 5 nitrogen and oxygen atoms in total. The van der Waals surface area contributed by atoms with E-state index in [1.165, 1.54) is 6.07 Å². The number of hydrogen-bond acceptors (Lipinski definition) is 5. The first-order valence-electron chi connectivity index (χ1n) is 6.91. The van der Waals surface area contributed by atoms with Crippen molar-refractivity contribution in [2.45, 2.75) is 18.9 Å². The molecule has 1 aliphatic rings. The van der Waals surface area contributed by atoms with Crippen LogP contribution in [0.3, 0.4) is 0 Å². The van der Waals surface area contributed by atoms with Crippen LogP contribution in [-0.2, 0) is 0 Å². The zero-order chi connectivity index (χ0) is 15.5. The van der Waals surface area contributed by atoms with Gasteiger partial charge in [-0.05, 0) is 30.4 Å². The first-order chi connectivity index (χ1) is 10.6. The number of nitro groups is 1. The summed E-state index contributed by atoms with van der Waals surface area (Å²) < 4.78 is 0. The molecular formula is C15H14N2O3S2. The highest BCUT2D eigenvalue weighted by molar-refractivity contribution is 7.13. The van der Waals surface area contributed by atoms with Gasteiger partial charge in [0.25, 0.3) is 5.91 Å². The van der Waals surface area contributed by atoms with E-state index in [1.807, 2.05) is 23.6 Å². The van der Waals surface area contributed by atoms with E-state index >= 15 is 0 Å². The number of carbonyl (C=O) groups excluding carboxylic acids is 1. The molecule has 3 heterocycles. The van der Waals surface area contributed by atoms with Gasteiger partial charge in [-0.15, -0.1) is 11.3 Å². The summed E-state index contributed by atoms with van der Waals surface area (Å²) in [5.41, 5.74) is 0.410.